The number of para-hydroxylation sites is 1. The zero-order valence-electron chi connectivity index (χ0n) is 20.8. The van der Waals surface area contributed by atoms with Crippen LogP contribution in [0.1, 0.15) is 34.8 Å². The number of carbonyl (C=O) groups is 2. The first kappa shape index (κ1) is 25.4. The van der Waals surface area contributed by atoms with Crippen molar-refractivity contribution < 1.29 is 14.3 Å². The Hall–Kier alpha value is -4.72. The van der Waals surface area contributed by atoms with Crippen LogP contribution in [0.15, 0.2) is 90.2 Å². The fourth-order valence-electron chi connectivity index (χ4n) is 3.53. The molecule has 0 unspecified atom stereocenters. The Labute approximate surface area is 216 Å². The minimum absolute atomic E-state index is 0.195. The second-order valence-corrected chi connectivity index (χ2v) is 8.43. The molecule has 0 saturated carbocycles. The standard InChI is InChI=1S/C29H29N5O3/c1-3-17-37-26-15-13-22(14-16-26)28-24(20-34(33-28)25-7-5-4-6-8-25)18-31-32-27(35)19-30-29(36)23-11-9-21(2)10-12-23/h4-16,18,20H,3,17,19H2,1-2H3,(H,30,36)(H,32,35)/b31-18-. The van der Waals surface area contributed by atoms with Crippen LogP contribution >= 0.6 is 0 Å². The van der Waals surface area contributed by atoms with Gasteiger partial charge in [0.25, 0.3) is 11.8 Å². The van der Waals surface area contributed by atoms with Crippen LogP contribution in [0, 0.1) is 6.92 Å². The number of hydrogen-bond acceptors (Lipinski definition) is 5. The molecule has 2 amide bonds. The maximum absolute atomic E-state index is 12.3. The number of amides is 2. The highest BCUT2D eigenvalue weighted by molar-refractivity contribution is 5.96. The molecule has 0 aliphatic heterocycles. The van der Waals surface area contributed by atoms with Crippen LogP contribution in [-0.2, 0) is 4.79 Å². The highest BCUT2D eigenvalue weighted by Gasteiger charge is 2.12. The summed E-state index contributed by atoms with van der Waals surface area (Å²) >= 11 is 0. The van der Waals surface area contributed by atoms with Crippen molar-refractivity contribution in [2.75, 3.05) is 13.2 Å². The predicted octanol–water partition coefficient (Wildman–Crippen LogP) is 4.52. The van der Waals surface area contributed by atoms with E-state index in [2.05, 4.69) is 22.8 Å². The molecule has 8 heteroatoms. The molecule has 0 saturated heterocycles. The van der Waals surface area contributed by atoms with Crippen molar-refractivity contribution >= 4 is 18.0 Å². The number of hydrogen-bond donors (Lipinski definition) is 2. The second-order valence-electron chi connectivity index (χ2n) is 8.43. The average Bonchev–Trinajstić information content (AvgIpc) is 3.36. The van der Waals surface area contributed by atoms with Gasteiger partial charge in [-0.15, -0.1) is 0 Å². The minimum atomic E-state index is -0.439. The molecule has 1 heterocycles. The van der Waals surface area contributed by atoms with Crippen LogP contribution < -0.4 is 15.5 Å². The second kappa shape index (κ2) is 12.3. The summed E-state index contributed by atoms with van der Waals surface area (Å²) in [5, 5.41) is 11.5. The molecule has 0 radical (unpaired) electrons. The molecular formula is C29H29N5O3. The fourth-order valence-corrected chi connectivity index (χ4v) is 3.53. The number of aromatic nitrogens is 2. The predicted molar refractivity (Wildman–Crippen MR) is 144 cm³/mol. The van der Waals surface area contributed by atoms with Gasteiger partial charge in [-0.3, -0.25) is 9.59 Å². The number of nitrogens with zero attached hydrogens (tertiary/aromatic N) is 3. The summed E-state index contributed by atoms with van der Waals surface area (Å²) in [6, 6.07) is 24.6. The lowest BCUT2D eigenvalue weighted by Crippen LogP contribution is -2.34. The molecule has 1 aromatic heterocycles. The molecule has 4 aromatic rings. The van der Waals surface area contributed by atoms with Crippen molar-refractivity contribution in [3.63, 3.8) is 0 Å². The average molecular weight is 496 g/mol. The van der Waals surface area contributed by atoms with Crippen molar-refractivity contribution in [1.29, 1.82) is 0 Å². The Morgan fingerprint density at radius 1 is 1.00 bits per heavy atom. The fraction of sp³-hybridized carbons (Fsp3) is 0.172. The molecule has 0 bridgehead atoms. The Morgan fingerprint density at radius 3 is 2.43 bits per heavy atom. The van der Waals surface area contributed by atoms with Crippen LogP contribution in [0.3, 0.4) is 0 Å². The van der Waals surface area contributed by atoms with Gasteiger partial charge in [-0.1, -0.05) is 42.8 Å². The van der Waals surface area contributed by atoms with Gasteiger partial charge in [-0.05, 0) is 61.9 Å². The van der Waals surface area contributed by atoms with Crippen LogP contribution in [0.4, 0.5) is 0 Å². The molecule has 0 aliphatic carbocycles. The quantitative estimate of drug-likeness (QED) is 0.250. The normalized spacial score (nSPS) is 10.9. The number of rotatable bonds is 10. The van der Waals surface area contributed by atoms with Crippen molar-refractivity contribution in [3.05, 3.63) is 102 Å². The van der Waals surface area contributed by atoms with E-state index in [1.54, 1.807) is 23.0 Å². The van der Waals surface area contributed by atoms with E-state index < -0.39 is 5.91 Å². The van der Waals surface area contributed by atoms with E-state index >= 15 is 0 Å². The molecule has 0 atom stereocenters. The number of ether oxygens (including phenoxy) is 1. The van der Waals surface area contributed by atoms with Gasteiger partial charge in [-0.2, -0.15) is 10.2 Å². The van der Waals surface area contributed by atoms with Crippen molar-refractivity contribution in [3.8, 4) is 22.7 Å². The van der Waals surface area contributed by atoms with Gasteiger partial charge < -0.3 is 10.1 Å². The van der Waals surface area contributed by atoms with E-state index in [1.165, 1.54) is 0 Å². The molecule has 2 N–H and O–H groups in total. The van der Waals surface area contributed by atoms with Crippen molar-refractivity contribution in [2.45, 2.75) is 20.3 Å². The smallest absolute Gasteiger partial charge is 0.259 e. The largest absolute Gasteiger partial charge is 0.494 e. The molecule has 0 fully saturated rings. The number of benzene rings is 3. The topological polar surface area (TPSA) is 97.6 Å². The van der Waals surface area contributed by atoms with E-state index in [9.17, 15) is 9.59 Å². The Balaban J connectivity index is 1.46. The summed E-state index contributed by atoms with van der Waals surface area (Å²) in [5.41, 5.74) is 7.22. The first-order chi connectivity index (χ1) is 18.0. The SMILES string of the molecule is CCCOc1ccc(-c2nn(-c3ccccc3)cc2/C=N\NC(=O)CNC(=O)c2ccc(C)cc2)cc1. The van der Waals surface area contributed by atoms with Gasteiger partial charge in [0.1, 0.15) is 11.4 Å². The van der Waals surface area contributed by atoms with E-state index in [4.69, 9.17) is 9.84 Å². The Morgan fingerprint density at radius 2 is 1.73 bits per heavy atom. The van der Waals surface area contributed by atoms with E-state index in [1.807, 2.05) is 79.9 Å². The first-order valence-corrected chi connectivity index (χ1v) is 12.1. The maximum Gasteiger partial charge on any atom is 0.259 e. The van der Waals surface area contributed by atoms with Gasteiger partial charge in [-0.25, -0.2) is 10.1 Å². The van der Waals surface area contributed by atoms with Gasteiger partial charge in [0.05, 0.1) is 25.1 Å². The van der Waals surface area contributed by atoms with Crippen molar-refractivity contribution in [1.82, 2.24) is 20.5 Å². The van der Waals surface area contributed by atoms with Crippen LogP contribution in [0.25, 0.3) is 16.9 Å². The molecule has 37 heavy (non-hydrogen) atoms. The lowest BCUT2D eigenvalue weighted by atomic mass is 10.1. The molecule has 0 spiro atoms. The number of carbonyl (C=O) groups excluding carboxylic acids is 2. The van der Waals surface area contributed by atoms with Crippen molar-refractivity contribution in [2.24, 2.45) is 5.10 Å². The zero-order valence-corrected chi connectivity index (χ0v) is 20.8. The Kier molecular flexibility index (Phi) is 8.44. The first-order valence-electron chi connectivity index (χ1n) is 12.1. The van der Waals surface area contributed by atoms with Crippen LogP contribution in [0.2, 0.25) is 0 Å². The lowest BCUT2D eigenvalue weighted by molar-refractivity contribution is -0.120. The Bertz CT molecular complexity index is 1360. The molecule has 188 valence electrons. The molecule has 3 aromatic carbocycles. The molecule has 8 nitrogen and oxygen atoms in total. The summed E-state index contributed by atoms with van der Waals surface area (Å²) in [7, 11) is 0. The summed E-state index contributed by atoms with van der Waals surface area (Å²) in [6.45, 7) is 4.47. The molecule has 0 aliphatic rings. The molecular weight excluding hydrogens is 466 g/mol. The highest BCUT2D eigenvalue weighted by atomic mass is 16.5. The monoisotopic (exact) mass is 495 g/mol. The van der Waals surface area contributed by atoms with Gasteiger partial charge in [0, 0.05) is 22.9 Å². The third kappa shape index (κ3) is 6.91. The third-order valence-electron chi connectivity index (χ3n) is 5.48. The molecule has 4 rings (SSSR count). The number of aryl methyl sites for hydroxylation is 1. The summed E-state index contributed by atoms with van der Waals surface area (Å²) in [5.74, 6) is 0.0336. The van der Waals surface area contributed by atoms with Crippen LogP contribution in [0.5, 0.6) is 5.75 Å². The zero-order chi connectivity index (χ0) is 26.0. The minimum Gasteiger partial charge on any atom is -0.494 e. The van der Waals surface area contributed by atoms with E-state index in [-0.39, 0.29) is 12.5 Å². The van der Waals surface area contributed by atoms with Gasteiger partial charge in [0.15, 0.2) is 0 Å². The van der Waals surface area contributed by atoms with E-state index in [0.29, 0.717) is 17.9 Å². The van der Waals surface area contributed by atoms with Crippen LogP contribution in [-0.4, -0.2) is 41.0 Å². The lowest BCUT2D eigenvalue weighted by Gasteiger charge is -2.05. The summed E-state index contributed by atoms with van der Waals surface area (Å²) in [6.07, 6.45) is 4.33. The summed E-state index contributed by atoms with van der Waals surface area (Å²) < 4.78 is 7.45. The number of nitrogens with one attached hydrogen (secondary N) is 2. The number of hydrazone groups is 1. The van der Waals surface area contributed by atoms with Gasteiger partial charge >= 0.3 is 0 Å². The van der Waals surface area contributed by atoms with E-state index in [0.717, 1.165) is 34.5 Å². The maximum atomic E-state index is 12.3. The summed E-state index contributed by atoms with van der Waals surface area (Å²) in [4.78, 5) is 24.5. The third-order valence-corrected chi connectivity index (χ3v) is 5.48. The highest BCUT2D eigenvalue weighted by Crippen LogP contribution is 2.25. The van der Waals surface area contributed by atoms with Gasteiger partial charge in [0.2, 0.25) is 0 Å².